The monoisotopic (exact) mass is 534 g/mol. The van der Waals surface area contributed by atoms with E-state index in [9.17, 15) is 27.2 Å². The number of hydrogen-bond acceptors (Lipinski definition) is 7. The van der Waals surface area contributed by atoms with Crippen LogP contribution in [0.4, 0.5) is 29.1 Å². The standard InChI is InChI=1S/C25H26F4N6O3/c1-13(16-4-3-5-18(20(16)26)25(27,28)29)30-22-17-10-19(23(36)31-21(17)14(2)32-33-22)34-6-8-35(9-7-34)24(37)15-11-38-12-15/h3-5,10,13,15H,6-9,11-12H2,1-2H3,(H,30,33)(H,31,36)/t13-/m1/s1. The summed E-state index contributed by atoms with van der Waals surface area (Å²) in [6.45, 7) is 5.85. The maximum Gasteiger partial charge on any atom is 0.419 e. The van der Waals surface area contributed by atoms with Crippen LogP contribution >= 0.6 is 0 Å². The number of hydrogen-bond donors (Lipinski definition) is 2. The molecule has 4 heterocycles. The number of aromatic nitrogens is 3. The number of amides is 1. The molecule has 2 aromatic heterocycles. The largest absolute Gasteiger partial charge is 0.419 e. The number of piperazine rings is 1. The van der Waals surface area contributed by atoms with Crippen molar-refractivity contribution in [2.45, 2.75) is 26.1 Å². The minimum atomic E-state index is -4.83. The van der Waals surface area contributed by atoms with Gasteiger partial charge in [0.1, 0.15) is 11.5 Å². The molecule has 3 aromatic rings. The van der Waals surface area contributed by atoms with Gasteiger partial charge in [0.25, 0.3) is 5.56 Å². The number of carbonyl (C=O) groups excluding carboxylic acids is 1. The summed E-state index contributed by atoms with van der Waals surface area (Å²) in [5, 5.41) is 11.6. The molecule has 2 aliphatic heterocycles. The van der Waals surface area contributed by atoms with Crippen molar-refractivity contribution in [2.24, 2.45) is 5.92 Å². The lowest BCUT2D eigenvalue weighted by Crippen LogP contribution is -2.53. The van der Waals surface area contributed by atoms with Crippen LogP contribution in [0, 0.1) is 18.7 Å². The maximum atomic E-state index is 14.7. The number of benzene rings is 1. The van der Waals surface area contributed by atoms with Crippen LogP contribution in [0.3, 0.4) is 0 Å². The number of ether oxygens (including phenoxy) is 1. The summed E-state index contributed by atoms with van der Waals surface area (Å²) in [7, 11) is 0. The molecule has 2 N–H and O–H groups in total. The Hall–Kier alpha value is -3.74. The van der Waals surface area contributed by atoms with Crippen molar-refractivity contribution in [3.8, 4) is 0 Å². The highest BCUT2D eigenvalue weighted by Gasteiger charge is 2.36. The van der Waals surface area contributed by atoms with Crippen LogP contribution in [-0.4, -0.2) is 65.4 Å². The van der Waals surface area contributed by atoms with Crippen LogP contribution in [-0.2, 0) is 15.7 Å². The molecule has 13 heteroatoms. The second-order valence-corrected chi connectivity index (χ2v) is 9.53. The minimum absolute atomic E-state index is 0.0523. The van der Waals surface area contributed by atoms with E-state index < -0.39 is 23.6 Å². The number of pyridine rings is 1. The maximum absolute atomic E-state index is 14.7. The number of aryl methyl sites for hydroxylation is 1. The summed E-state index contributed by atoms with van der Waals surface area (Å²) in [4.78, 5) is 32.0. The lowest BCUT2D eigenvalue weighted by molar-refractivity contribution is -0.150. The van der Waals surface area contributed by atoms with E-state index in [-0.39, 0.29) is 28.8 Å². The predicted octanol–water partition coefficient (Wildman–Crippen LogP) is 3.25. The van der Waals surface area contributed by atoms with E-state index in [1.807, 2.05) is 4.90 Å². The Balaban J connectivity index is 1.42. The number of aromatic amines is 1. The molecule has 0 aliphatic carbocycles. The Labute approximate surface area is 214 Å². The highest BCUT2D eigenvalue weighted by atomic mass is 19.4. The molecule has 0 bridgehead atoms. The fraction of sp³-hybridized carbons (Fsp3) is 0.440. The molecule has 5 rings (SSSR count). The zero-order valence-electron chi connectivity index (χ0n) is 20.7. The molecule has 2 saturated heterocycles. The number of H-pyrrole nitrogens is 1. The van der Waals surface area contributed by atoms with Gasteiger partial charge in [0.2, 0.25) is 5.91 Å². The smallest absolute Gasteiger partial charge is 0.380 e. The molecule has 9 nitrogen and oxygen atoms in total. The number of alkyl halides is 3. The molecule has 0 saturated carbocycles. The quantitative estimate of drug-likeness (QED) is 0.485. The van der Waals surface area contributed by atoms with E-state index in [1.54, 1.807) is 17.9 Å². The van der Waals surface area contributed by atoms with Crippen molar-refractivity contribution in [1.82, 2.24) is 20.1 Å². The zero-order valence-corrected chi connectivity index (χ0v) is 20.7. The van der Waals surface area contributed by atoms with Crippen LogP contribution < -0.4 is 15.8 Å². The van der Waals surface area contributed by atoms with Crippen molar-refractivity contribution in [1.29, 1.82) is 0 Å². The minimum Gasteiger partial charge on any atom is -0.380 e. The Morgan fingerprint density at radius 3 is 2.53 bits per heavy atom. The van der Waals surface area contributed by atoms with Crippen molar-refractivity contribution >= 4 is 28.3 Å². The molecule has 38 heavy (non-hydrogen) atoms. The summed E-state index contributed by atoms with van der Waals surface area (Å²) in [6, 6.07) is 3.87. The molecule has 2 fully saturated rings. The average Bonchev–Trinajstić information content (AvgIpc) is 2.84. The topological polar surface area (TPSA) is 103 Å². The summed E-state index contributed by atoms with van der Waals surface area (Å²) in [5.41, 5.74) is -0.652. The molecule has 0 unspecified atom stereocenters. The first-order chi connectivity index (χ1) is 18.0. The van der Waals surface area contributed by atoms with Gasteiger partial charge >= 0.3 is 6.18 Å². The van der Waals surface area contributed by atoms with E-state index in [1.165, 1.54) is 13.0 Å². The lowest BCUT2D eigenvalue weighted by atomic mass is 10.0. The van der Waals surface area contributed by atoms with Gasteiger partial charge in [0.05, 0.1) is 41.9 Å². The molecule has 1 atom stereocenters. The van der Waals surface area contributed by atoms with Gasteiger partial charge in [-0.05, 0) is 26.0 Å². The predicted molar refractivity (Wildman–Crippen MR) is 131 cm³/mol. The first-order valence-electron chi connectivity index (χ1n) is 12.2. The first kappa shape index (κ1) is 25.9. The van der Waals surface area contributed by atoms with E-state index in [4.69, 9.17) is 4.74 Å². The number of fused-ring (bicyclic) bond motifs is 1. The first-order valence-corrected chi connectivity index (χ1v) is 12.2. The summed E-state index contributed by atoms with van der Waals surface area (Å²) in [6.07, 6.45) is -4.83. The van der Waals surface area contributed by atoms with E-state index in [0.29, 0.717) is 67.7 Å². The normalized spacial score (nSPS) is 17.4. The van der Waals surface area contributed by atoms with Crippen LogP contribution in [0.2, 0.25) is 0 Å². The molecule has 202 valence electrons. The van der Waals surface area contributed by atoms with Gasteiger partial charge in [-0.15, -0.1) is 5.10 Å². The molecule has 2 aliphatic rings. The van der Waals surface area contributed by atoms with Crippen LogP contribution in [0.5, 0.6) is 0 Å². The second-order valence-electron chi connectivity index (χ2n) is 9.53. The van der Waals surface area contributed by atoms with Crippen molar-refractivity contribution in [3.63, 3.8) is 0 Å². The number of carbonyl (C=O) groups is 1. The highest BCUT2D eigenvalue weighted by molar-refractivity contribution is 5.92. The lowest BCUT2D eigenvalue weighted by Gasteiger charge is -2.38. The Kier molecular flexibility index (Phi) is 6.72. The Morgan fingerprint density at radius 2 is 1.89 bits per heavy atom. The Bertz CT molecular complexity index is 1430. The number of rotatable bonds is 5. The Morgan fingerprint density at radius 1 is 1.18 bits per heavy atom. The second kappa shape index (κ2) is 9.86. The van der Waals surface area contributed by atoms with Gasteiger partial charge in [0.15, 0.2) is 5.82 Å². The number of anilines is 2. The fourth-order valence-corrected chi connectivity index (χ4v) is 4.75. The highest BCUT2D eigenvalue weighted by Crippen LogP contribution is 2.35. The number of halogens is 4. The average molecular weight is 535 g/mol. The van der Waals surface area contributed by atoms with E-state index in [2.05, 4.69) is 20.5 Å². The van der Waals surface area contributed by atoms with Crippen LogP contribution in [0.25, 0.3) is 10.9 Å². The van der Waals surface area contributed by atoms with Crippen molar-refractivity contribution in [2.75, 3.05) is 49.6 Å². The van der Waals surface area contributed by atoms with Gasteiger partial charge in [0, 0.05) is 37.1 Å². The van der Waals surface area contributed by atoms with E-state index >= 15 is 0 Å². The van der Waals surface area contributed by atoms with Gasteiger partial charge in [-0.25, -0.2) is 4.39 Å². The molecule has 1 amide bonds. The third kappa shape index (κ3) is 4.77. The summed E-state index contributed by atoms with van der Waals surface area (Å²) < 4.78 is 59.5. The SMILES string of the molecule is Cc1nnc(N[C@H](C)c2cccc(C(F)(F)F)c2F)c2cc(N3CCN(C(=O)C4COC4)CC3)c(=O)[nH]c12. The number of nitrogens with one attached hydrogen (secondary N) is 2. The van der Waals surface area contributed by atoms with Gasteiger partial charge in [-0.1, -0.05) is 12.1 Å². The fourth-order valence-electron chi connectivity index (χ4n) is 4.75. The summed E-state index contributed by atoms with van der Waals surface area (Å²) in [5.74, 6) is -1.23. The zero-order chi connectivity index (χ0) is 27.2. The molecule has 1 aromatic carbocycles. The third-order valence-electron chi connectivity index (χ3n) is 7.01. The number of nitrogens with zero attached hydrogens (tertiary/aromatic N) is 4. The van der Waals surface area contributed by atoms with E-state index in [0.717, 1.165) is 6.07 Å². The van der Waals surface area contributed by atoms with Crippen LogP contribution in [0.1, 0.15) is 29.8 Å². The molecule has 0 spiro atoms. The molecular weight excluding hydrogens is 508 g/mol. The van der Waals surface area contributed by atoms with Gasteiger partial charge in [-0.3, -0.25) is 9.59 Å². The summed E-state index contributed by atoms with van der Waals surface area (Å²) >= 11 is 0. The molecule has 0 radical (unpaired) electrons. The van der Waals surface area contributed by atoms with Crippen LogP contribution in [0.15, 0.2) is 29.1 Å². The van der Waals surface area contributed by atoms with Gasteiger partial charge in [-0.2, -0.15) is 18.3 Å². The van der Waals surface area contributed by atoms with Crippen molar-refractivity contribution in [3.05, 3.63) is 57.3 Å². The van der Waals surface area contributed by atoms with Gasteiger partial charge < -0.3 is 24.8 Å². The molecular formula is C25H26F4N6O3. The van der Waals surface area contributed by atoms with Crippen molar-refractivity contribution < 1.29 is 27.1 Å². The third-order valence-corrected chi connectivity index (χ3v) is 7.01.